The lowest BCUT2D eigenvalue weighted by molar-refractivity contribution is -0.141. The van der Waals surface area contributed by atoms with Gasteiger partial charge in [0, 0.05) is 26.0 Å². The zero-order chi connectivity index (χ0) is 15.0. The van der Waals surface area contributed by atoms with Crippen LogP contribution in [-0.4, -0.2) is 54.3 Å². The second-order valence-electron chi connectivity index (χ2n) is 3.81. The van der Waals surface area contributed by atoms with E-state index in [1.54, 1.807) is 18.9 Å². The highest BCUT2D eigenvalue weighted by molar-refractivity contribution is 7.80. The van der Waals surface area contributed by atoms with Gasteiger partial charge >= 0.3 is 5.97 Å². The zero-order valence-electron chi connectivity index (χ0n) is 11.5. The van der Waals surface area contributed by atoms with Gasteiger partial charge in [-0.2, -0.15) is 0 Å². The smallest absolute Gasteiger partial charge is 0.325 e. The Morgan fingerprint density at radius 3 is 2.75 bits per heavy atom. The first-order chi connectivity index (χ1) is 9.60. The maximum absolute atomic E-state index is 11.7. The Kier molecular flexibility index (Phi) is 6.82. The molecule has 2 N–H and O–H groups in total. The molecule has 0 fully saturated rings. The first-order valence-electron chi connectivity index (χ1n) is 6.10. The van der Waals surface area contributed by atoms with E-state index in [0.717, 1.165) is 0 Å². The number of aromatic nitrogens is 2. The maximum atomic E-state index is 11.7. The number of carbonyl (C=O) groups is 1. The molecule has 1 aromatic heterocycles. The van der Waals surface area contributed by atoms with E-state index in [-0.39, 0.29) is 17.5 Å². The summed E-state index contributed by atoms with van der Waals surface area (Å²) in [6.45, 7) is 2.97. The summed E-state index contributed by atoms with van der Waals surface area (Å²) in [6.07, 6.45) is 3.01. The van der Waals surface area contributed by atoms with Crippen molar-refractivity contribution < 1.29 is 14.3 Å². The molecule has 1 heterocycles. The van der Waals surface area contributed by atoms with Crippen molar-refractivity contribution in [2.45, 2.75) is 6.92 Å². The van der Waals surface area contributed by atoms with Crippen LogP contribution < -0.4 is 10.6 Å². The first kappa shape index (κ1) is 16.3. The summed E-state index contributed by atoms with van der Waals surface area (Å²) >= 11 is 4.95. The Morgan fingerprint density at radius 2 is 2.15 bits per heavy atom. The van der Waals surface area contributed by atoms with Crippen LogP contribution in [-0.2, 0) is 14.3 Å². The average molecular weight is 298 g/mol. The molecule has 0 atom stereocenters. The number of nitrogens with zero attached hydrogens (tertiary/aromatic N) is 3. The van der Waals surface area contributed by atoms with E-state index in [9.17, 15) is 4.79 Å². The summed E-state index contributed by atoms with van der Waals surface area (Å²) in [5, 5.41) is 0. The summed E-state index contributed by atoms with van der Waals surface area (Å²) in [5.74, 6) is 0.0910. The molecule has 1 rings (SSSR count). The molecule has 110 valence electrons. The van der Waals surface area contributed by atoms with E-state index in [2.05, 4.69) is 9.97 Å². The van der Waals surface area contributed by atoms with E-state index in [0.29, 0.717) is 31.3 Å². The number of rotatable bonds is 8. The van der Waals surface area contributed by atoms with Crippen molar-refractivity contribution >= 4 is 29.0 Å². The molecule has 0 spiro atoms. The Balaban J connectivity index is 2.97. The number of carbonyl (C=O) groups excluding carboxylic acids is 1. The van der Waals surface area contributed by atoms with Crippen molar-refractivity contribution in [3.63, 3.8) is 0 Å². The summed E-state index contributed by atoms with van der Waals surface area (Å²) in [7, 11) is 1.58. The second-order valence-corrected chi connectivity index (χ2v) is 4.25. The highest BCUT2D eigenvalue weighted by Gasteiger charge is 2.18. The van der Waals surface area contributed by atoms with E-state index in [1.165, 1.54) is 12.4 Å². The minimum absolute atomic E-state index is 0.0332. The van der Waals surface area contributed by atoms with E-state index >= 15 is 0 Å². The molecular formula is C12H18N4O3S. The molecule has 0 aromatic carbocycles. The van der Waals surface area contributed by atoms with Crippen LogP contribution in [0, 0.1) is 0 Å². The second kappa shape index (κ2) is 8.39. The molecule has 7 nitrogen and oxygen atoms in total. The number of hydrogen-bond acceptors (Lipinski definition) is 7. The molecule has 8 heteroatoms. The van der Waals surface area contributed by atoms with Gasteiger partial charge < -0.3 is 20.1 Å². The predicted octanol–water partition coefficient (Wildman–Crippen LogP) is 0.127. The van der Waals surface area contributed by atoms with Gasteiger partial charge in [-0.1, -0.05) is 12.2 Å². The fourth-order valence-electron chi connectivity index (χ4n) is 1.56. The predicted molar refractivity (Wildman–Crippen MR) is 78.6 cm³/mol. The fraction of sp³-hybridized carbons (Fsp3) is 0.500. The van der Waals surface area contributed by atoms with Gasteiger partial charge in [-0.15, -0.1) is 0 Å². The minimum atomic E-state index is -0.358. The molecule has 0 saturated carbocycles. The molecule has 0 amide bonds. The Morgan fingerprint density at radius 1 is 1.45 bits per heavy atom. The number of anilines is 1. The number of esters is 1. The molecule has 20 heavy (non-hydrogen) atoms. The summed E-state index contributed by atoms with van der Waals surface area (Å²) in [4.78, 5) is 21.8. The fourth-order valence-corrected chi connectivity index (χ4v) is 1.70. The number of thiocarbonyl (C=S) groups is 1. The van der Waals surface area contributed by atoms with Crippen LogP contribution in [0.2, 0.25) is 0 Å². The van der Waals surface area contributed by atoms with E-state index in [1.807, 2.05) is 0 Å². The van der Waals surface area contributed by atoms with Crippen LogP contribution in [0.5, 0.6) is 0 Å². The van der Waals surface area contributed by atoms with Gasteiger partial charge in [0.1, 0.15) is 17.2 Å². The SMILES string of the molecule is CCOC(=O)CN(CCOC)c1nccnc1C(N)=S. The zero-order valence-corrected chi connectivity index (χ0v) is 12.4. The van der Waals surface area contributed by atoms with Crippen molar-refractivity contribution in [2.24, 2.45) is 5.73 Å². The first-order valence-corrected chi connectivity index (χ1v) is 6.51. The van der Waals surface area contributed by atoms with Gasteiger partial charge in [-0.25, -0.2) is 9.97 Å². The third kappa shape index (κ3) is 4.71. The molecule has 0 aliphatic carbocycles. The molecule has 0 radical (unpaired) electrons. The van der Waals surface area contributed by atoms with Crippen LogP contribution in [0.15, 0.2) is 12.4 Å². The van der Waals surface area contributed by atoms with E-state index < -0.39 is 0 Å². The Hall–Kier alpha value is -1.80. The topological polar surface area (TPSA) is 90.6 Å². The number of hydrogen-bond donors (Lipinski definition) is 1. The van der Waals surface area contributed by atoms with Crippen LogP contribution in [0.3, 0.4) is 0 Å². The third-order valence-electron chi connectivity index (χ3n) is 2.40. The molecule has 0 unspecified atom stereocenters. The minimum Gasteiger partial charge on any atom is -0.465 e. The van der Waals surface area contributed by atoms with Crippen LogP contribution >= 0.6 is 12.2 Å². The van der Waals surface area contributed by atoms with Crippen molar-refractivity contribution in [3.8, 4) is 0 Å². The van der Waals surface area contributed by atoms with Crippen molar-refractivity contribution in [3.05, 3.63) is 18.1 Å². The van der Waals surface area contributed by atoms with Gasteiger partial charge in [0.25, 0.3) is 0 Å². The number of methoxy groups -OCH3 is 1. The third-order valence-corrected chi connectivity index (χ3v) is 2.60. The summed E-state index contributed by atoms with van der Waals surface area (Å²) < 4.78 is 9.97. The van der Waals surface area contributed by atoms with Crippen LogP contribution in [0.25, 0.3) is 0 Å². The van der Waals surface area contributed by atoms with Gasteiger partial charge in [-0.05, 0) is 6.92 Å². The molecular weight excluding hydrogens is 280 g/mol. The molecule has 0 bridgehead atoms. The lowest BCUT2D eigenvalue weighted by Gasteiger charge is -2.23. The quantitative estimate of drug-likeness (QED) is 0.535. The Bertz CT molecular complexity index is 470. The molecule has 0 aliphatic heterocycles. The van der Waals surface area contributed by atoms with Crippen LogP contribution in [0.4, 0.5) is 5.82 Å². The van der Waals surface area contributed by atoms with Gasteiger partial charge in [0.15, 0.2) is 5.82 Å². The van der Waals surface area contributed by atoms with E-state index in [4.69, 9.17) is 27.4 Å². The van der Waals surface area contributed by atoms with Gasteiger partial charge in [-0.3, -0.25) is 4.79 Å². The molecule has 0 aliphatic rings. The van der Waals surface area contributed by atoms with Gasteiger partial charge in [0.05, 0.1) is 13.2 Å². The normalized spacial score (nSPS) is 10.1. The lowest BCUT2D eigenvalue weighted by atomic mass is 10.3. The Labute approximate surface area is 123 Å². The average Bonchev–Trinajstić information content (AvgIpc) is 2.43. The van der Waals surface area contributed by atoms with Crippen molar-refractivity contribution in [2.75, 3.05) is 38.3 Å². The monoisotopic (exact) mass is 298 g/mol. The van der Waals surface area contributed by atoms with Crippen molar-refractivity contribution in [1.29, 1.82) is 0 Å². The molecule has 1 aromatic rings. The summed E-state index contributed by atoms with van der Waals surface area (Å²) in [6, 6.07) is 0. The van der Waals surface area contributed by atoms with Crippen molar-refractivity contribution in [1.82, 2.24) is 9.97 Å². The lowest BCUT2D eigenvalue weighted by Crippen LogP contribution is -2.36. The molecule has 0 saturated heterocycles. The standard InChI is InChI=1S/C12H18N4O3S/c1-3-19-9(17)8-16(6-7-18-2)12-10(11(13)20)14-4-5-15-12/h4-5H,3,6-8H2,1-2H3,(H2,13,20). The van der Waals surface area contributed by atoms with Gasteiger partial charge in [0.2, 0.25) is 0 Å². The number of nitrogens with two attached hydrogens (primary N) is 1. The highest BCUT2D eigenvalue weighted by Crippen LogP contribution is 2.14. The highest BCUT2D eigenvalue weighted by atomic mass is 32.1. The summed E-state index contributed by atoms with van der Waals surface area (Å²) in [5.41, 5.74) is 6.00. The largest absolute Gasteiger partial charge is 0.465 e. The maximum Gasteiger partial charge on any atom is 0.325 e. The van der Waals surface area contributed by atoms with Crippen LogP contribution in [0.1, 0.15) is 12.6 Å². The number of ether oxygens (including phenoxy) is 2.